The zero-order chi connectivity index (χ0) is 13.0. The Balaban J connectivity index is 2.10. The van der Waals surface area contributed by atoms with Gasteiger partial charge in [-0.3, -0.25) is 4.79 Å². The standard InChI is InChI=1S/C12H18N2O4/c1-17-8-9-13-10(18-14-9)7-12(11(15)16)5-3-2-4-6-12/h2-8H2,1H3,(H,15,16). The van der Waals surface area contributed by atoms with Crippen LogP contribution in [0.4, 0.5) is 0 Å². The first kappa shape index (κ1) is 13.0. The van der Waals surface area contributed by atoms with Gasteiger partial charge in [-0.2, -0.15) is 4.98 Å². The van der Waals surface area contributed by atoms with Crippen LogP contribution in [0.3, 0.4) is 0 Å². The quantitative estimate of drug-likeness (QED) is 0.862. The minimum Gasteiger partial charge on any atom is -0.481 e. The molecule has 0 spiro atoms. The number of carboxylic acids is 1. The Morgan fingerprint density at radius 3 is 2.78 bits per heavy atom. The highest BCUT2D eigenvalue weighted by molar-refractivity contribution is 5.75. The number of hydrogen-bond acceptors (Lipinski definition) is 5. The molecule has 0 unspecified atom stereocenters. The molecule has 6 nitrogen and oxygen atoms in total. The smallest absolute Gasteiger partial charge is 0.310 e. The second kappa shape index (κ2) is 5.48. The largest absolute Gasteiger partial charge is 0.481 e. The van der Waals surface area contributed by atoms with Gasteiger partial charge in [0.2, 0.25) is 5.89 Å². The maximum atomic E-state index is 11.5. The highest BCUT2D eigenvalue weighted by Gasteiger charge is 2.41. The fourth-order valence-electron chi connectivity index (χ4n) is 2.53. The van der Waals surface area contributed by atoms with E-state index in [-0.39, 0.29) is 6.61 Å². The molecule has 0 radical (unpaired) electrons. The topological polar surface area (TPSA) is 85.5 Å². The normalized spacial score (nSPS) is 18.7. The second-order valence-corrected chi connectivity index (χ2v) is 4.86. The van der Waals surface area contributed by atoms with Gasteiger partial charge in [0, 0.05) is 13.5 Å². The zero-order valence-electron chi connectivity index (χ0n) is 10.5. The number of aliphatic carboxylic acids is 1. The summed E-state index contributed by atoms with van der Waals surface area (Å²) in [5.41, 5.74) is -0.727. The Morgan fingerprint density at radius 1 is 1.44 bits per heavy atom. The fourth-order valence-corrected chi connectivity index (χ4v) is 2.53. The molecule has 0 aliphatic heterocycles. The van der Waals surface area contributed by atoms with Gasteiger partial charge >= 0.3 is 5.97 Å². The lowest BCUT2D eigenvalue weighted by molar-refractivity contribution is -0.151. The highest BCUT2D eigenvalue weighted by atomic mass is 16.5. The van der Waals surface area contributed by atoms with Crippen LogP contribution in [0, 0.1) is 5.41 Å². The predicted molar refractivity (Wildman–Crippen MR) is 61.9 cm³/mol. The first-order chi connectivity index (χ1) is 8.66. The molecule has 0 bridgehead atoms. The molecule has 100 valence electrons. The molecule has 1 fully saturated rings. The summed E-state index contributed by atoms with van der Waals surface area (Å²) >= 11 is 0. The van der Waals surface area contributed by atoms with Gasteiger partial charge in [0.1, 0.15) is 6.61 Å². The lowest BCUT2D eigenvalue weighted by Crippen LogP contribution is -2.35. The van der Waals surface area contributed by atoms with Crippen LogP contribution < -0.4 is 0 Å². The Morgan fingerprint density at radius 2 is 2.17 bits per heavy atom. The third kappa shape index (κ3) is 2.69. The van der Waals surface area contributed by atoms with Gasteiger partial charge in [-0.15, -0.1) is 0 Å². The molecule has 0 amide bonds. The van der Waals surface area contributed by atoms with E-state index in [2.05, 4.69) is 10.1 Å². The molecule has 0 saturated heterocycles. The lowest BCUT2D eigenvalue weighted by atomic mass is 9.72. The first-order valence-electron chi connectivity index (χ1n) is 6.20. The van der Waals surface area contributed by atoms with E-state index in [9.17, 15) is 9.90 Å². The SMILES string of the molecule is COCc1noc(CC2(C(=O)O)CCCCC2)n1. The Bertz CT molecular complexity index is 410. The van der Waals surface area contributed by atoms with Crippen LogP contribution in [-0.4, -0.2) is 28.3 Å². The summed E-state index contributed by atoms with van der Waals surface area (Å²) in [6.07, 6.45) is 4.69. The predicted octanol–water partition coefficient (Wildman–Crippen LogP) is 1.79. The maximum absolute atomic E-state index is 11.5. The molecule has 6 heteroatoms. The van der Waals surface area contributed by atoms with Gasteiger partial charge in [-0.25, -0.2) is 0 Å². The van der Waals surface area contributed by atoms with E-state index in [0.717, 1.165) is 19.3 Å². The molecule has 0 aromatic carbocycles. The van der Waals surface area contributed by atoms with Crippen molar-refractivity contribution in [3.63, 3.8) is 0 Å². The average Bonchev–Trinajstić information content (AvgIpc) is 2.78. The zero-order valence-corrected chi connectivity index (χ0v) is 10.5. The summed E-state index contributed by atoms with van der Waals surface area (Å²) < 4.78 is 9.99. The summed E-state index contributed by atoms with van der Waals surface area (Å²) in [7, 11) is 1.55. The number of rotatable bonds is 5. The number of methoxy groups -OCH3 is 1. The van der Waals surface area contributed by atoms with Crippen molar-refractivity contribution in [3.05, 3.63) is 11.7 Å². The van der Waals surface area contributed by atoms with Crippen molar-refractivity contribution in [3.8, 4) is 0 Å². The summed E-state index contributed by atoms with van der Waals surface area (Å²) in [5, 5.41) is 13.2. The van der Waals surface area contributed by atoms with Crippen LogP contribution in [0.5, 0.6) is 0 Å². The van der Waals surface area contributed by atoms with Crippen molar-refractivity contribution in [2.75, 3.05) is 7.11 Å². The Kier molecular flexibility index (Phi) is 3.96. The molecule has 1 aliphatic carbocycles. The molecule has 1 aliphatic rings. The first-order valence-corrected chi connectivity index (χ1v) is 6.20. The van der Waals surface area contributed by atoms with Crippen molar-refractivity contribution >= 4 is 5.97 Å². The summed E-state index contributed by atoms with van der Waals surface area (Å²) in [6, 6.07) is 0. The second-order valence-electron chi connectivity index (χ2n) is 4.86. The van der Waals surface area contributed by atoms with Crippen LogP contribution in [0.2, 0.25) is 0 Å². The molecule has 1 saturated carbocycles. The lowest BCUT2D eigenvalue weighted by Gasteiger charge is -2.31. The van der Waals surface area contributed by atoms with Crippen molar-refractivity contribution in [1.29, 1.82) is 0 Å². The van der Waals surface area contributed by atoms with Crippen molar-refractivity contribution in [2.24, 2.45) is 5.41 Å². The maximum Gasteiger partial charge on any atom is 0.310 e. The average molecular weight is 254 g/mol. The van der Waals surface area contributed by atoms with E-state index in [0.29, 0.717) is 31.0 Å². The summed E-state index contributed by atoms with van der Waals surface area (Å²) in [4.78, 5) is 15.7. The number of ether oxygens (including phenoxy) is 1. The fraction of sp³-hybridized carbons (Fsp3) is 0.750. The van der Waals surface area contributed by atoms with Crippen molar-refractivity contribution in [1.82, 2.24) is 10.1 Å². The van der Waals surface area contributed by atoms with Crippen LogP contribution in [-0.2, 0) is 22.6 Å². The van der Waals surface area contributed by atoms with Gasteiger partial charge in [0.05, 0.1) is 5.41 Å². The van der Waals surface area contributed by atoms with E-state index in [4.69, 9.17) is 9.26 Å². The number of nitrogens with zero attached hydrogens (tertiary/aromatic N) is 2. The molecule has 1 aromatic rings. The molecular formula is C12H18N2O4. The van der Waals surface area contributed by atoms with E-state index in [1.165, 1.54) is 0 Å². The Labute approximate surface area is 105 Å². The number of aromatic nitrogens is 2. The summed E-state index contributed by atoms with van der Waals surface area (Å²) in [6.45, 7) is 0.281. The number of carbonyl (C=O) groups is 1. The van der Waals surface area contributed by atoms with Gasteiger partial charge in [0.15, 0.2) is 5.82 Å². The molecular weight excluding hydrogens is 236 g/mol. The highest BCUT2D eigenvalue weighted by Crippen LogP contribution is 2.39. The number of carboxylic acid groups (broad SMARTS) is 1. The minimum atomic E-state index is -0.756. The minimum absolute atomic E-state index is 0.281. The van der Waals surface area contributed by atoms with E-state index >= 15 is 0 Å². The third-order valence-electron chi connectivity index (χ3n) is 3.54. The van der Waals surface area contributed by atoms with Crippen LogP contribution >= 0.6 is 0 Å². The Hall–Kier alpha value is -1.43. The molecule has 0 atom stereocenters. The van der Waals surface area contributed by atoms with E-state index in [1.54, 1.807) is 7.11 Å². The van der Waals surface area contributed by atoms with Crippen LogP contribution in [0.1, 0.15) is 43.8 Å². The van der Waals surface area contributed by atoms with Crippen LogP contribution in [0.25, 0.3) is 0 Å². The monoisotopic (exact) mass is 254 g/mol. The molecule has 1 heterocycles. The summed E-state index contributed by atoms with van der Waals surface area (Å²) in [5.74, 6) is 0.101. The van der Waals surface area contributed by atoms with Gasteiger partial charge in [-0.05, 0) is 12.8 Å². The van der Waals surface area contributed by atoms with E-state index < -0.39 is 11.4 Å². The third-order valence-corrected chi connectivity index (χ3v) is 3.54. The van der Waals surface area contributed by atoms with Crippen molar-refractivity contribution in [2.45, 2.75) is 45.1 Å². The van der Waals surface area contributed by atoms with Gasteiger partial charge in [-0.1, -0.05) is 24.4 Å². The molecule has 1 N–H and O–H groups in total. The van der Waals surface area contributed by atoms with Crippen LogP contribution in [0.15, 0.2) is 4.52 Å². The number of hydrogen-bond donors (Lipinski definition) is 1. The van der Waals surface area contributed by atoms with Gasteiger partial charge in [0.25, 0.3) is 0 Å². The molecule has 1 aromatic heterocycles. The molecule has 18 heavy (non-hydrogen) atoms. The van der Waals surface area contributed by atoms with E-state index in [1.807, 2.05) is 0 Å². The van der Waals surface area contributed by atoms with Gasteiger partial charge < -0.3 is 14.4 Å². The van der Waals surface area contributed by atoms with Crippen molar-refractivity contribution < 1.29 is 19.2 Å². The molecule has 2 rings (SSSR count).